The number of benzene rings is 3. The molecule has 0 saturated carbocycles. The van der Waals surface area contributed by atoms with Crippen LogP contribution in [-0.4, -0.2) is 116 Å². The molecule has 0 bridgehead atoms. The van der Waals surface area contributed by atoms with E-state index in [0.29, 0.717) is 101 Å². The lowest BCUT2D eigenvalue weighted by molar-refractivity contribution is -0.136. The van der Waals surface area contributed by atoms with Crippen LogP contribution < -0.4 is 20.4 Å². The van der Waals surface area contributed by atoms with Crippen LogP contribution in [0.4, 0.5) is 30.0 Å². The Morgan fingerprint density at radius 2 is 1.09 bits per heavy atom. The molecule has 4 saturated heterocycles. The standard InChI is InChI=1S/C55H66F2N12O6/c1-30(2)47(64-54(72)74-5)51(70)67-20-10-14-45(67)49-60-39-24-35(37(56)26-41(39)62-49)43-16-17-44(69(43)34-28-58-53(59-29-34)66-22-18-33(19-23-66)32-12-8-7-9-13-32)36-25-40-42(27-38(36)57)63-50(61-40)46-15-11-21-68(46)52(71)48(31(3)4)65-55(73)75-6/h7-9,12-13,24-31,33,43-48H,10-11,14-23H2,1-6H3,(H,60,62)(H,61,63)(H,64,72)(H,65,73)/t43-,44-,45+,46+,47+,48+/m1/s1. The number of anilines is 2. The summed E-state index contributed by atoms with van der Waals surface area (Å²) in [6.07, 6.45) is 7.64. The molecule has 20 heteroatoms. The summed E-state index contributed by atoms with van der Waals surface area (Å²) in [6.45, 7) is 9.93. The van der Waals surface area contributed by atoms with Crippen LogP contribution in [0.2, 0.25) is 0 Å². The number of piperidine rings is 1. The molecule has 0 spiro atoms. The molecular weight excluding hydrogens is 963 g/mol. The van der Waals surface area contributed by atoms with Gasteiger partial charge >= 0.3 is 12.2 Å². The molecule has 3 aromatic carbocycles. The molecule has 18 nitrogen and oxygen atoms in total. The summed E-state index contributed by atoms with van der Waals surface area (Å²) in [6, 6.07) is 13.3. The average molecular weight is 1030 g/mol. The fourth-order valence-electron chi connectivity index (χ4n) is 11.9. The van der Waals surface area contributed by atoms with Crippen LogP contribution in [0.15, 0.2) is 67.0 Å². The number of alkyl carbamates (subject to hydrolysis) is 2. The Morgan fingerprint density at radius 1 is 0.627 bits per heavy atom. The number of rotatable bonds is 13. The fraction of sp³-hybridized carbons (Fsp3) is 0.491. The van der Waals surface area contributed by atoms with E-state index < -0.39 is 60.1 Å². The Bertz CT molecular complexity index is 2900. The minimum atomic E-state index is -0.812. The average Bonchev–Trinajstić information content (AvgIpc) is 4.29. The van der Waals surface area contributed by atoms with Crippen LogP contribution in [0.3, 0.4) is 0 Å². The number of imidazole rings is 2. The molecule has 4 fully saturated rings. The third-order valence-corrected chi connectivity index (χ3v) is 15.8. The molecule has 4 N–H and O–H groups in total. The maximum atomic E-state index is 16.9. The predicted molar refractivity (Wildman–Crippen MR) is 278 cm³/mol. The Kier molecular flexibility index (Phi) is 14.6. The summed E-state index contributed by atoms with van der Waals surface area (Å²) in [4.78, 5) is 86.3. The van der Waals surface area contributed by atoms with E-state index in [-0.39, 0.29) is 23.7 Å². The number of amides is 4. The number of hydrogen-bond donors (Lipinski definition) is 4. The SMILES string of the molecule is COC(=O)N[C@H](C(=O)N1CCC[C@H]1c1nc2cc(F)c([C@H]3CC[C@H](c4cc5[nH]c([C@@H]6CCCN6C(=O)[C@@H](NC(=O)OC)C(C)C)nc5cc4F)N3c3cnc(N4CCC(c5ccccc5)CC4)nc3)cc2[nH]1)C(C)C. The van der Waals surface area contributed by atoms with Gasteiger partial charge in [-0.2, -0.15) is 0 Å². The van der Waals surface area contributed by atoms with Gasteiger partial charge in [0.1, 0.15) is 35.4 Å². The van der Waals surface area contributed by atoms with Crippen LogP contribution in [0.1, 0.15) is 137 Å². The van der Waals surface area contributed by atoms with Gasteiger partial charge < -0.3 is 49.7 Å². The summed E-state index contributed by atoms with van der Waals surface area (Å²) in [5.74, 6) is 0.182. The molecule has 0 unspecified atom stereocenters. The highest BCUT2D eigenvalue weighted by atomic mass is 19.1. The van der Waals surface area contributed by atoms with E-state index in [9.17, 15) is 19.2 Å². The van der Waals surface area contributed by atoms with Gasteiger partial charge in [0.25, 0.3) is 0 Å². The zero-order valence-corrected chi connectivity index (χ0v) is 43.3. The summed E-state index contributed by atoms with van der Waals surface area (Å²) < 4.78 is 43.5. The Labute approximate surface area is 434 Å². The van der Waals surface area contributed by atoms with Crippen LogP contribution in [0, 0.1) is 23.5 Å². The zero-order chi connectivity index (χ0) is 52.7. The van der Waals surface area contributed by atoms with Crippen LogP contribution in [0.5, 0.6) is 0 Å². The number of nitrogens with one attached hydrogen (secondary N) is 4. The third-order valence-electron chi connectivity index (χ3n) is 15.8. The Morgan fingerprint density at radius 3 is 1.53 bits per heavy atom. The third kappa shape index (κ3) is 10.1. The molecular formula is C55H66F2N12O6. The molecule has 6 atom stereocenters. The molecule has 7 heterocycles. The minimum absolute atomic E-state index is 0.211. The van der Waals surface area contributed by atoms with E-state index in [1.165, 1.54) is 31.9 Å². The topological polar surface area (TPSA) is 207 Å². The number of fused-ring (bicyclic) bond motifs is 2. The molecule has 3 aromatic heterocycles. The first kappa shape index (κ1) is 51.1. The number of hydrogen-bond acceptors (Lipinski definition) is 12. The van der Waals surface area contributed by atoms with Gasteiger partial charge in [0.15, 0.2) is 0 Å². The first-order valence-corrected chi connectivity index (χ1v) is 26.3. The van der Waals surface area contributed by atoms with E-state index in [0.717, 1.165) is 38.8 Å². The Hall–Kier alpha value is -7.38. The normalized spacial score (nSPS) is 21.1. The van der Waals surface area contributed by atoms with E-state index >= 15 is 8.78 Å². The van der Waals surface area contributed by atoms with Crippen molar-refractivity contribution in [1.82, 2.24) is 50.3 Å². The monoisotopic (exact) mass is 1030 g/mol. The number of carbonyl (C=O) groups excluding carboxylic acids is 4. The number of nitrogens with zero attached hydrogens (tertiary/aromatic N) is 8. The summed E-state index contributed by atoms with van der Waals surface area (Å²) in [5, 5.41) is 5.37. The van der Waals surface area contributed by atoms with Gasteiger partial charge in [-0.05, 0) is 86.8 Å². The zero-order valence-electron chi connectivity index (χ0n) is 43.3. The number of aromatic nitrogens is 6. The number of methoxy groups -OCH3 is 2. The van der Waals surface area contributed by atoms with Crippen LogP contribution in [-0.2, 0) is 19.1 Å². The summed E-state index contributed by atoms with van der Waals surface area (Å²) in [7, 11) is 2.51. The molecule has 4 aliphatic heterocycles. The van der Waals surface area contributed by atoms with Crippen molar-refractivity contribution in [3.05, 3.63) is 107 Å². The lowest BCUT2D eigenvalue weighted by Crippen LogP contribution is -2.51. The number of carbonyl (C=O) groups is 4. The van der Waals surface area contributed by atoms with E-state index in [1.54, 1.807) is 34.3 Å². The second-order valence-corrected chi connectivity index (χ2v) is 21.0. The minimum Gasteiger partial charge on any atom is -0.453 e. The fourth-order valence-corrected chi connectivity index (χ4v) is 11.9. The van der Waals surface area contributed by atoms with Gasteiger partial charge in [-0.15, -0.1) is 0 Å². The maximum absolute atomic E-state index is 16.9. The molecule has 396 valence electrons. The highest BCUT2D eigenvalue weighted by molar-refractivity contribution is 5.88. The number of H-pyrrole nitrogens is 2. The van der Waals surface area contributed by atoms with Crippen molar-refractivity contribution in [2.45, 2.75) is 121 Å². The Balaban J connectivity index is 0.967. The highest BCUT2D eigenvalue weighted by Gasteiger charge is 2.42. The molecule has 0 aliphatic carbocycles. The molecule has 0 radical (unpaired) electrons. The molecule has 4 amide bonds. The first-order valence-electron chi connectivity index (χ1n) is 26.3. The second kappa shape index (κ2) is 21.5. The van der Waals surface area contributed by atoms with Crippen molar-refractivity contribution in [3.8, 4) is 0 Å². The molecule has 75 heavy (non-hydrogen) atoms. The molecule has 6 aromatic rings. The first-order chi connectivity index (χ1) is 36.2. The van der Waals surface area contributed by atoms with Gasteiger partial charge in [-0.3, -0.25) is 9.59 Å². The highest BCUT2D eigenvalue weighted by Crippen LogP contribution is 2.49. The lowest BCUT2D eigenvalue weighted by atomic mass is 9.90. The number of ether oxygens (including phenoxy) is 2. The molecule has 10 rings (SSSR count). The quantitative estimate of drug-likeness (QED) is 0.0855. The predicted octanol–water partition coefficient (Wildman–Crippen LogP) is 9.06. The van der Waals surface area contributed by atoms with Gasteiger partial charge in [0, 0.05) is 49.4 Å². The van der Waals surface area contributed by atoms with Crippen molar-refractivity contribution in [1.29, 1.82) is 0 Å². The lowest BCUT2D eigenvalue weighted by Gasteiger charge is -2.34. The van der Waals surface area contributed by atoms with Crippen molar-refractivity contribution in [2.24, 2.45) is 11.8 Å². The second-order valence-electron chi connectivity index (χ2n) is 21.0. The van der Waals surface area contributed by atoms with Gasteiger partial charge in [0.2, 0.25) is 17.8 Å². The van der Waals surface area contributed by atoms with E-state index in [4.69, 9.17) is 29.4 Å². The molecule has 4 aliphatic rings. The maximum Gasteiger partial charge on any atom is 0.407 e. The van der Waals surface area contributed by atoms with Crippen molar-refractivity contribution in [2.75, 3.05) is 50.2 Å². The van der Waals surface area contributed by atoms with Crippen LogP contribution >= 0.6 is 0 Å². The summed E-state index contributed by atoms with van der Waals surface area (Å²) >= 11 is 0. The summed E-state index contributed by atoms with van der Waals surface area (Å²) in [5.41, 5.74) is 4.66. The number of likely N-dealkylation sites (tertiary alicyclic amines) is 2. The van der Waals surface area contributed by atoms with E-state index in [1.807, 2.05) is 38.7 Å². The van der Waals surface area contributed by atoms with Crippen LogP contribution in [0.25, 0.3) is 22.1 Å². The van der Waals surface area contributed by atoms with Gasteiger partial charge in [-0.1, -0.05) is 58.0 Å². The number of halogens is 2. The van der Waals surface area contributed by atoms with Crippen molar-refractivity contribution < 1.29 is 37.4 Å². The van der Waals surface area contributed by atoms with Crippen molar-refractivity contribution in [3.63, 3.8) is 0 Å². The number of aromatic amines is 2. The van der Waals surface area contributed by atoms with Gasteiger partial charge in [0.05, 0.1) is 78.5 Å². The van der Waals surface area contributed by atoms with E-state index in [2.05, 4.69) is 49.8 Å². The van der Waals surface area contributed by atoms with Gasteiger partial charge in [-0.25, -0.2) is 38.3 Å². The van der Waals surface area contributed by atoms with Crippen molar-refractivity contribution >= 4 is 57.7 Å². The largest absolute Gasteiger partial charge is 0.453 e. The smallest absolute Gasteiger partial charge is 0.407 e.